The van der Waals surface area contributed by atoms with Gasteiger partial charge >= 0.3 is 5.97 Å². The van der Waals surface area contributed by atoms with Gasteiger partial charge in [-0.25, -0.2) is 5.43 Å². The second-order valence-corrected chi connectivity index (χ2v) is 9.76. The van der Waals surface area contributed by atoms with Crippen LogP contribution in [0.25, 0.3) is 0 Å². The molecule has 11 heteroatoms. The molecule has 0 aliphatic rings. The average molecular weight is 610 g/mol. The molecular weight excluding hydrogens is 566 g/mol. The molecule has 0 aliphatic heterocycles. The number of nitrogens with two attached hydrogens (primary N) is 1. The Morgan fingerprint density at radius 3 is 1.89 bits per heavy atom. The number of carbonyl (C=O) groups excluding carboxylic acids is 2. The molecule has 0 heterocycles. The molecule has 44 heavy (non-hydrogen) atoms. The second kappa shape index (κ2) is 19.8. The normalized spacial score (nSPS) is 11.5. The number of hydrogen-bond donors (Lipinski definition) is 5. The van der Waals surface area contributed by atoms with Crippen LogP contribution in [0.3, 0.4) is 0 Å². The number of primary amides is 1. The van der Waals surface area contributed by atoms with Gasteiger partial charge in [0.25, 0.3) is 0 Å². The molecule has 0 aromatic heterocycles. The number of ether oxygens (including phenoxy) is 3. The molecule has 0 aliphatic carbocycles. The Morgan fingerprint density at radius 2 is 1.41 bits per heavy atom. The Morgan fingerprint density at radius 1 is 0.841 bits per heavy atom. The molecule has 1 atom stereocenters. The largest absolute Gasteiger partial charge is 0.497 e. The van der Waals surface area contributed by atoms with Gasteiger partial charge in [-0.3, -0.25) is 19.8 Å². The van der Waals surface area contributed by atoms with Gasteiger partial charge in [0.15, 0.2) is 0 Å². The SMILES string of the molecule is COCCC(OC(c1ccccc1)(c1ccccc1)c1ccc(OC)cc1)C(N)=O.O=C(O)CNNC(=O)CCCCCO. The van der Waals surface area contributed by atoms with E-state index in [2.05, 4.69) is 10.9 Å². The quantitative estimate of drug-likeness (QED) is 0.0826. The van der Waals surface area contributed by atoms with E-state index in [4.69, 9.17) is 30.2 Å². The smallest absolute Gasteiger partial charge is 0.319 e. The van der Waals surface area contributed by atoms with E-state index in [1.807, 2.05) is 84.9 Å². The minimum atomic E-state index is -1.04. The number of amides is 2. The summed E-state index contributed by atoms with van der Waals surface area (Å²) in [7, 11) is 3.21. The lowest BCUT2D eigenvalue weighted by Gasteiger charge is -2.38. The van der Waals surface area contributed by atoms with Gasteiger partial charge in [-0.05, 0) is 41.7 Å². The Hall–Kier alpha value is -4.29. The van der Waals surface area contributed by atoms with Gasteiger partial charge < -0.3 is 30.2 Å². The molecule has 3 aromatic rings. The molecule has 11 nitrogen and oxygen atoms in total. The van der Waals surface area contributed by atoms with E-state index >= 15 is 0 Å². The van der Waals surface area contributed by atoms with Crippen molar-refractivity contribution in [3.63, 3.8) is 0 Å². The van der Waals surface area contributed by atoms with Gasteiger partial charge in [0, 0.05) is 33.2 Å². The first-order valence-electron chi connectivity index (χ1n) is 14.3. The first kappa shape index (κ1) is 35.9. The lowest BCUT2D eigenvalue weighted by Crippen LogP contribution is -2.42. The van der Waals surface area contributed by atoms with Crippen LogP contribution < -0.4 is 21.3 Å². The standard InChI is InChI=1S/C25H27NO4.C8H16N2O4/c1-28-18-17-23(24(26)27)30-25(19-9-5-3-6-10-19,20-11-7-4-8-12-20)21-13-15-22(29-2)16-14-21;11-5-3-1-2-4-7(12)10-9-6-8(13)14/h3-16,23H,17-18H2,1-2H3,(H2,26,27);9,11H,1-6H2,(H,10,12)(H,13,14). The number of methoxy groups -OCH3 is 2. The van der Waals surface area contributed by atoms with Crippen LogP contribution in [0.15, 0.2) is 84.9 Å². The van der Waals surface area contributed by atoms with Gasteiger partial charge in [-0.2, -0.15) is 0 Å². The Labute approximate surface area is 258 Å². The number of hydrazine groups is 1. The molecule has 1 unspecified atom stereocenters. The number of unbranched alkanes of at least 4 members (excludes halogenated alkanes) is 2. The fraction of sp³-hybridized carbons (Fsp3) is 0.364. The number of nitrogens with one attached hydrogen (secondary N) is 2. The summed E-state index contributed by atoms with van der Waals surface area (Å²) in [6.45, 7) is 0.205. The topological polar surface area (TPSA) is 169 Å². The Balaban J connectivity index is 0.000000408. The molecular formula is C33H43N3O8. The Kier molecular flexibility index (Phi) is 16.2. The maximum Gasteiger partial charge on any atom is 0.319 e. The molecule has 0 bridgehead atoms. The summed E-state index contributed by atoms with van der Waals surface area (Å²) < 4.78 is 17.2. The predicted molar refractivity (Wildman–Crippen MR) is 166 cm³/mol. The summed E-state index contributed by atoms with van der Waals surface area (Å²) in [4.78, 5) is 33.3. The zero-order valence-corrected chi connectivity index (χ0v) is 25.2. The minimum absolute atomic E-state index is 0.138. The molecule has 3 rings (SSSR count). The van der Waals surface area contributed by atoms with Crippen molar-refractivity contribution in [3.8, 4) is 5.75 Å². The summed E-state index contributed by atoms with van der Waals surface area (Å²) in [6, 6.07) is 27.3. The van der Waals surface area contributed by atoms with Crippen molar-refractivity contribution in [1.82, 2.24) is 10.9 Å². The van der Waals surface area contributed by atoms with Gasteiger partial charge in [0.2, 0.25) is 11.8 Å². The van der Waals surface area contributed by atoms with Crippen molar-refractivity contribution in [2.75, 3.05) is 34.0 Å². The highest BCUT2D eigenvalue weighted by Crippen LogP contribution is 2.42. The van der Waals surface area contributed by atoms with Crippen LogP contribution in [0.5, 0.6) is 5.75 Å². The van der Waals surface area contributed by atoms with E-state index in [1.165, 1.54) is 0 Å². The molecule has 6 N–H and O–H groups in total. The molecule has 2 amide bonds. The lowest BCUT2D eigenvalue weighted by molar-refractivity contribution is -0.139. The van der Waals surface area contributed by atoms with E-state index in [9.17, 15) is 14.4 Å². The van der Waals surface area contributed by atoms with Crippen LogP contribution in [0.2, 0.25) is 0 Å². The number of rotatable bonds is 18. The number of hydrogen-bond acceptors (Lipinski definition) is 8. The van der Waals surface area contributed by atoms with Crippen molar-refractivity contribution in [3.05, 3.63) is 102 Å². The predicted octanol–water partition coefficient (Wildman–Crippen LogP) is 3.14. The van der Waals surface area contributed by atoms with Crippen LogP contribution in [-0.2, 0) is 29.5 Å². The molecule has 0 saturated carbocycles. The highest BCUT2D eigenvalue weighted by Gasteiger charge is 2.41. The van der Waals surface area contributed by atoms with Crippen molar-refractivity contribution < 1.29 is 38.8 Å². The lowest BCUT2D eigenvalue weighted by atomic mass is 9.79. The number of carboxylic acid groups (broad SMARTS) is 1. The van der Waals surface area contributed by atoms with E-state index in [0.29, 0.717) is 32.3 Å². The van der Waals surface area contributed by atoms with Crippen molar-refractivity contribution in [1.29, 1.82) is 0 Å². The number of aliphatic hydroxyl groups excluding tert-OH is 1. The number of benzene rings is 3. The van der Waals surface area contributed by atoms with Crippen LogP contribution in [0, 0.1) is 0 Å². The number of aliphatic hydroxyl groups is 1. The summed E-state index contributed by atoms with van der Waals surface area (Å²) in [5.74, 6) is -1.05. The van der Waals surface area contributed by atoms with Crippen LogP contribution in [0.4, 0.5) is 0 Å². The van der Waals surface area contributed by atoms with Crippen LogP contribution in [-0.4, -0.2) is 68.1 Å². The van der Waals surface area contributed by atoms with Crippen molar-refractivity contribution in [2.45, 2.75) is 43.8 Å². The maximum absolute atomic E-state index is 12.3. The number of carboxylic acids is 1. The summed E-state index contributed by atoms with van der Waals surface area (Å²) in [5, 5.41) is 16.7. The first-order chi connectivity index (χ1) is 21.3. The highest BCUT2D eigenvalue weighted by atomic mass is 16.5. The van der Waals surface area contributed by atoms with Gasteiger partial charge in [-0.15, -0.1) is 0 Å². The molecule has 0 fully saturated rings. The van der Waals surface area contributed by atoms with Crippen LogP contribution in [0.1, 0.15) is 48.8 Å². The number of aliphatic carboxylic acids is 1. The van der Waals surface area contributed by atoms with E-state index in [1.54, 1.807) is 14.2 Å². The summed E-state index contributed by atoms with van der Waals surface area (Å²) in [5.41, 5.74) is 11.9. The fourth-order valence-corrected chi connectivity index (χ4v) is 4.43. The van der Waals surface area contributed by atoms with Crippen molar-refractivity contribution in [2.24, 2.45) is 5.73 Å². The van der Waals surface area contributed by atoms with Gasteiger partial charge in [0.1, 0.15) is 24.0 Å². The third kappa shape index (κ3) is 11.4. The highest BCUT2D eigenvalue weighted by molar-refractivity contribution is 5.79. The summed E-state index contributed by atoms with van der Waals surface area (Å²) in [6.07, 6.45) is 2.03. The zero-order valence-electron chi connectivity index (χ0n) is 25.2. The van der Waals surface area contributed by atoms with Crippen molar-refractivity contribution >= 4 is 17.8 Å². The average Bonchev–Trinajstić information content (AvgIpc) is 3.04. The monoisotopic (exact) mass is 609 g/mol. The molecule has 0 saturated heterocycles. The Bertz CT molecular complexity index is 1220. The fourth-order valence-electron chi connectivity index (χ4n) is 4.43. The molecule has 238 valence electrons. The molecule has 0 radical (unpaired) electrons. The van der Waals surface area contributed by atoms with Gasteiger partial charge in [-0.1, -0.05) is 79.2 Å². The third-order valence-corrected chi connectivity index (χ3v) is 6.61. The van der Waals surface area contributed by atoms with E-state index < -0.39 is 23.6 Å². The molecule has 0 spiro atoms. The van der Waals surface area contributed by atoms with Gasteiger partial charge in [0.05, 0.1) is 7.11 Å². The van der Waals surface area contributed by atoms with E-state index in [0.717, 1.165) is 28.9 Å². The second-order valence-electron chi connectivity index (χ2n) is 9.76. The number of carbonyl (C=O) groups is 3. The maximum atomic E-state index is 12.3. The first-order valence-corrected chi connectivity index (χ1v) is 14.3. The summed E-state index contributed by atoms with van der Waals surface area (Å²) >= 11 is 0. The zero-order chi connectivity index (χ0) is 32.2. The molecule has 3 aromatic carbocycles. The minimum Gasteiger partial charge on any atom is -0.497 e. The van der Waals surface area contributed by atoms with E-state index in [-0.39, 0.29) is 19.1 Å². The van der Waals surface area contributed by atoms with Crippen LogP contribution >= 0.6 is 0 Å². The third-order valence-electron chi connectivity index (χ3n) is 6.61.